The predicted molar refractivity (Wildman–Crippen MR) is 166 cm³/mol. The number of para-hydroxylation sites is 2. The molecule has 44 heavy (non-hydrogen) atoms. The fourth-order valence-electron chi connectivity index (χ4n) is 5.96. The highest BCUT2D eigenvalue weighted by Crippen LogP contribution is 2.38. The van der Waals surface area contributed by atoms with Crippen LogP contribution in [0.25, 0.3) is 0 Å². The zero-order chi connectivity index (χ0) is 31.2. The van der Waals surface area contributed by atoms with E-state index in [1.54, 1.807) is 49.1 Å². The summed E-state index contributed by atoms with van der Waals surface area (Å²) in [6.45, 7) is 8.92. The number of rotatable bonds is 9. The van der Waals surface area contributed by atoms with Crippen LogP contribution in [0.15, 0.2) is 84.1 Å². The molecule has 2 amide bonds. The average molecular weight is 600 g/mol. The topological polar surface area (TPSA) is 79.4 Å². The molecule has 0 bridgehead atoms. The summed E-state index contributed by atoms with van der Waals surface area (Å²) in [7, 11) is 0. The van der Waals surface area contributed by atoms with E-state index in [9.17, 15) is 18.8 Å². The summed E-state index contributed by atoms with van der Waals surface area (Å²) in [5, 5.41) is 0. The highest BCUT2D eigenvalue weighted by molar-refractivity contribution is 5.96. The highest BCUT2D eigenvalue weighted by atomic mass is 19.1. The molecule has 5 rings (SSSR count). The molecule has 0 aromatic heterocycles. The van der Waals surface area contributed by atoms with Gasteiger partial charge in [0.25, 0.3) is 5.91 Å². The van der Waals surface area contributed by atoms with Gasteiger partial charge in [-0.3, -0.25) is 9.59 Å². The van der Waals surface area contributed by atoms with Crippen molar-refractivity contribution in [3.05, 3.63) is 107 Å². The summed E-state index contributed by atoms with van der Waals surface area (Å²) in [6.07, 6.45) is -0.0516. The number of ether oxygens (including phenoxy) is 2. The third-order valence-corrected chi connectivity index (χ3v) is 8.21. The number of esters is 1. The molecule has 2 aliphatic rings. The summed E-state index contributed by atoms with van der Waals surface area (Å²) in [5.74, 6) is -1.17. The third-order valence-electron chi connectivity index (χ3n) is 8.21. The van der Waals surface area contributed by atoms with E-state index in [4.69, 9.17) is 9.47 Å². The molecule has 3 aromatic rings. The Bertz CT molecular complexity index is 1550. The van der Waals surface area contributed by atoms with Crippen molar-refractivity contribution in [2.24, 2.45) is 0 Å². The van der Waals surface area contributed by atoms with Crippen LogP contribution >= 0.6 is 0 Å². The standard InChI is InChI=1S/C35H38FN3O5/c1-4-43-31-13-9-8-12-30(31)37-18-20-38(21-19-37)34(41)26-16-14-25(15-17-26)23-39-24(3)33(35(42)44-5-2)28(22-32(39)40)27-10-6-7-11-29(27)36/h6-17,28H,4-5,18-23H2,1-3H3. The molecule has 0 spiro atoms. The summed E-state index contributed by atoms with van der Waals surface area (Å²) < 4.78 is 25.8. The molecule has 0 aliphatic carbocycles. The maximum absolute atomic E-state index is 14.7. The Labute approximate surface area is 257 Å². The molecule has 1 saturated heterocycles. The smallest absolute Gasteiger partial charge is 0.336 e. The van der Waals surface area contributed by atoms with Gasteiger partial charge in [0.15, 0.2) is 0 Å². The molecule has 1 atom stereocenters. The van der Waals surface area contributed by atoms with E-state index in [1.807, 2.05) is 48.2 Å². The van der Waals surface area contributed by atoms with Gasteiger partial charge in [-0.1, -0.05) is 42.5 Å². The molecule has 2 aliphatic heterocycles. The molecule has 0 saturated carbocycles. The van der Waals surface area contributed by atoms with Crippen LogP contribution in [-0.4, -0.2) is 67.0 Å². The van der Waals surface area contributed by atoms with Crippen LogP contribution in [0.1, 0.15) is 54.6 Å². The van der Waals surface area contributed by atoms with Crippen molar-refractivity contribution in [2.45, 2.75) is 39.7 Å². The Morgan fingerprint density at radius 1 is 0.886 bits per heavy atom. The summed E-state index contributed by atoms with van der Waals surface area (Å²) >= 11 is 0. The van der Waals surface area contributed by atoms with E-state index in [0.29, 0.717) is 49.6 Å². The van der Waals surface area contributed by atoms with Gasteiger partial charge >= 0.3 is 5.97 Å². The van der Waals surface area contributed by atoms with E-state index >= 15 is 0 Å². The van der Waals surface area contributed by atoms with Crippen LogP contribution in [0.3, 0.4) is 0 Å². The molecular formula is C35H38FN3O5. The van der Waals surface area contributed by atoms with Crippen molar-refractivity contribution >= 4 is 23.5 Å². The summed E-state index contributed by atoms with van der Waals surface area (Å²) in [6, 6.07) is 21.4. The van der Waals surface area contributed by atoms with Crippen LogP contribution < -0.4 is 9.64 Å². The van der Waals surface area contributed by atoms with Gasteiger partial charge in [-0.05, 0) is 62.2 Å². The van der Waals surface area contributed by atoms with Crippen molar-refractivity contribution in [2.75, 3.05) is 44.3 Å². The lowest BCUT2D eigenvalue weighted by Gasteiger charge is -2.36. The molecule has 230 valence electrons. The maximum Gasteiger partial charge on any atom is 0.336 e. The van der Waals surface area contributed by atoms with E-state index in [-0.39, 0.29) is 37.0 Å². The Hall–Kier alpha value is -4.66. The molecule has 9 heteroatoms. The molecule has 8 nitrogen and oxygen atoms in total. The van der Waals surface area contributed by atoms with Crippen molar-refractivity contribution < 1.29 is 28.2 Å². The SMILES string of the molecule is CCOC(=O)C1=C(C)N(Cc2ccc(C(=O)N3CCN(c4ccccc4OCC)CC3)cc2)C(=O)CC1c1ccccc1F. The Morgan fingerprint density at radius 2 is 1.57 bits per heavy atom. The number of allylic oxidation sites excluding steroid dienone is 1. The second-order valence-electron chi connectivity index (χ2n) is 10.9. The monoisotopic (exact) mass is 599 g/mol. The minimum Gasteiger partial charge on any atom is -0.492 e. The van der Waals surface area contributed by atoms with Gasteiger partial charge in [0.2, 0.25) is 5.91 Å². The Kier molecular flexibility index (Phi) is 9.62. The lowest BCUT2D eigenvalue weighted by atomic mass is 9.83. The number of anilines is 1. The largest absolute Gasteiger partial charge is 0.492 e. The fraction of sp³-hybridized carbons (Fsp3) is 0.343. The quantitative estimate of drug-likeness (QED) is 0.301. The average Bonchev–Trinajstić information content (AvgIpc) is 3.03. The van der Waals surface area contributed by atoms with Crippen molar-refractivity contribution in [3.8, 4) is 5.75 Å². The number of hydrogen-bond acceptors (Lipinski definition) is 6. The van der Waals surface area contributed by atoms with Gasteiger partial charge in [0, 0.05) is 49.8 Å². The Morgan fingerprint density at radius 3 is 2.25 bits per heavy atom. The second kappa shape index (κ2) is 13.8. The van der Waals surface area contributed by atoms with Crippen LogP contribution in [0.5, 0.6) is 5.75 Å². The summed E-state index contributed by atoms with van der Waals surface area (Å²) in [5.41, 5.74) is 3.43. The van der Waals surface area contributed by atoms with Gasteiger partial charge in [0.1, 0.15) is 11.6 Å². The van der Waals surface area contributed by atoms with Crippen molar-refractivity contribution in [1.29, 1.82) is 0 Å². The highest BCUT2D eigenvalue weighted by Gasteiger charge is 2.38. The van der Waals surface area contributed by atoms with Crippen molar-refractivity contribution in [3.63, 3.8) is 0 Å². The van der Waals surface area contributed by atoms with Crippen LogP contribution in [0.2, 0.25) is 0 Å². The Balaban J connectivity index is 1.28. The zero-order valence-electron chi connectivity index (χ0n) is 25.4. The number of nitrogens with zero attached hydrogens (tertiary/aromatic N) is 3. The van der Waals surface area contributed by atoms with Gasteiger partial charge in [-0.15, -0.1) is 0 Å². The van der Waals surface area contributed by atoms with Crippen LogP contribution in [0.4, 0.5) is 10.1 Å². The lowest BCUT2D eigenvalue weighted by Crippen LogP contribution is -2.48. The van der Waals surface area contributed by atoms with Gasteiger partial charge < -0.3 is 24.2 Å². The molecule has 0 N–H and O–H groups in total. The molecular weight excluding hydrogens is 561 g/mol. The van der Waals surface area contributed by atoms with E-state index in [0.717, 1.165) is 17.0 Å². The molecule has 1 fully saturated rings. The normalized spacial score (nSPS) is 17.1. The minimum atomic E-state index is -0.730. The maximum atomic E-state index is 14.7. The number of benzene rings is 3. The number of carbonyl (C=O) groups is 3. The molecule has 2 heterocycles. The van der Waals surface area contributed by atoms with Gasteiger partial charge in [-0.2, -0.15) is 0 Å². The summed E-state index contributed by atoms with van der Waals surface area (Å²) in [4.78, 5) is 45.3. The van der Waals surface area contributed by atoms with Gasteiger partial charge in [-0.25, -0.2) is 9.18 Å². The minimum absolute atomic E-state index is 0.0447. The predicted octanol–water partition coefficient (Wildman–Crippen LogP) is 5.54. The fourth-order valence-corrected chi connectivity index (χ4v) is 5.96. The van der Waals surface area contributed by atoms with E-state index in [2.05, 4.69) is 4.90 Å². The van der Waals surface area contributed by atoms with E-state index < -0.39 is 17.7 Å². The third kappa shape index (κ3) is 6.46. The number of carbonyl (C=O) groups excluding carboxylic acids is 3. The van der Waals surface area contributed by atoms with Crippen LogP contribution in [0, 0.1) is 5.82 Å². The first-order valence-electron chi connectivity index (χ1n) is 15.1. The molecule has 0 radical (unpaired) electrons. The number of amides is 2. The first-order chi connectivity index (χ1) is 21.3. The first-order valence-corrected chi connectivity index (χ1v) is 15.1. The first kappa shape index (κ1) is 30.8. The van der Waals surface area contributed by atoms with Crippen LogP contribution in [-0.2, 0) is 20.9 Å². The van der Waals surface area contributed by atoms with Crippen molar-refractivity contribution in [1.82, 2.24) is 9.80 Å². The van der Waals surface area contributed by atoms with E-state index in [1.165, 1.54) is 6.07 Å². The second-order valence-corrected chi connectivity index (χ2v) is 10.9. The zero-order valence-corrected chi connectivity index (χ0v) is 25.4. The lowest BCUT2D eigenvalue weighted by molar-refractivity contribution is -0.140. The van der Waals surface area contributed by atoms with Gasteiger partial charge in [0.05, 0.1) is 31.0 Å². The number of piperazine rings is 1. The number of hydrogen-bond donors (Lipinski definition) is 0. The number of halogens is 1. The molecule has 3 aromatic carbocycles. The molecule has 1 unspecified atom stereocenters.